The zero-order valence-corrected chi connectivity index (χ0v) is 28.0. The minimum Gasteiger partial charge on any atom is -0.359 e. The van der Waals surface area contributed by atoms with Gasteiger partial charge in [-0.2, -0.15) is 0 Å². The average Bonchev–Trinajstić information content (AvgIpc) is 3.04. The van der Waals surface area contributed by atoms with Gasteiger partial charge in [0.2, 0.25) is 29.5 Å². The molecule has 0 spiro atoms. The highest BCUT2D eigenvalue weighted by Crippen LogP contribution is 2.15. The van der Waals surface area contributed by atoms with Crippen LogP contribution in [0, 0.1) is 5.92 Å². The lowest BCUT2D eigenvalue weighted by atomic mass is 9.94. The second kappa shape index (κ2) is 20.4. The molecule has 13 heteroatoms. The van der Waals surface area contributed by atoms with Crippen molar-refractivity contribution in [2.75, 3.05) is 27.2 Å². The molecule has 0 aromatic heterocycles. The average molecular weight is 641 g/mol. The number of benzene rings is 1. The quantitative estimate of drug-likeness (QED) is 0.0513. The van der Waals surface area contributed by atoms with Gasteiger partial charge < -0.3 is 37.2 Å². The number of hydrogen-bond donors (Lipinski definition) is 7. The molecule has 0 aliphatic heterocycles. The maximum atomic E-state index is 13.7. The maximum absolute atomic E-state index is 13.7. The number of amides is 5. The summed E-state index contributed by atoms with van der Waals surface area (Å²) < 4.78 is 0. The van der Waals surface area contributed by atoms with Crippen molar-refractivity contribution in [2.24, 2.45) is 10.9 Å². The summed E-state index contributed by atoms with van der Waals surface area (Å²) in [5.41, 5.74) is -0.796. The molecule has 46 heavy (non-hydrogen) atoms. The Kier molecular flexibility index (Phi) is 17.4. The molecule has 1 aromatic rings. The van der Waals surface area contributed by atoms with Crippen molar-refractivity contribution in [2.45, 2.75) is 77.0 Å². The van der Waals surface area contributed by atoms with Crippen molar-refractivity contribution >= 4 is 35.5 Å². The molecule has 4 unspecified atom stereocenters. The lowest BCUT2D eigenvalue weighted by Gasteiger charge is -2.32. The van der Waals surface area contributed by atoms with Crippen molar-refractivity contribution in [3.63, 3.8) is 0 Å². The van der Waals surface area contributed by atoms with E-state index in [9.17, 15) is 24.0 Å². The Morgan fingerprint density at radius 2 is 1.54 bits per heavy atom. The highest BCUT2D eigenvalue weighted by Gasteiger charge is 2.37. The number of nitrogens with zero attached hydrogens (tertiary/aromatic N) is 1. The molecule has 1 aromatic carbocycles. The summed E-state index contributed by atoms with van der Waals surface area (Å²) in [5, 5.41) is 19.8. The number of aliphatic imine (C=N–C) groups is 1. The van der Waals surface area contributed by atoms with E-state index in [1.807, 2.05) is 0 Å². The molecule has 7 N–H and O–H groups in total. The van der Waals surface area contributed by atoms with Crippen molar-refractivity contribution in [3.05, 3.63) is 61.2 Å². The van der Waals surface area contributed by atoms with Gasteiger partial charge in [-0.1, -0.05) is 63.3 Å². The molecule has 13 nitrogen and oxygen atoms in total. The van der Waals surface area contributed by atoms with Gasteiger partial charge in [0.15, 0.2) is 5.96 Å². The minimum atomic E-state index is -1.36. The number of carbonyl (C=O) groups is 5. The Hall–Kier alpha value is -4.68. The summed E-state index contributed by atoms with van der Waals surface area (Å²) in [6.07, 6.45) is 4.06. The fourth-order valence-corrected chi connectivity index (χ4v) is 4.37. The highest BCUT2D eigenvalue weighted by molar-refractivity contribution is 5.97. The van der Waals surface area contributed by atoms with E-state index in [1.165, 1.54) is 12.2 Å². The Bertz CT molecular complexity index is 1220. The topological polar surface area (TPSA) is 182 Å². The van der Waals surface area contributed by atoms with Crippen LogP contribution in [-0.2, 0) is 24.0 Å². The second-order valence-corrected chi connectivity index (χ2v) is 11.2. The van der Waals surface area contributed by atoms with Gasteiger partial charge in [-0.25, -0.2) is 0 Å². The van der Waals surface area contributed by atoms with Gasteiger partial charge in [0, 0.05) is 33.1 Å². The number of carbonyl (C=O) groups excluding carboxylic acids is 5. The Labute approximate surface area is 272 Å². The SMILES string of the molecule is C=CCNC(=O)C(NC(=O)C(CC)NC(=O)C(CCCN/C(=N\C)NC)NC(=O)C(C)(CC=C)NC(=O)C(C)C)c1ccccc1. The largest absolute Gasteiger partial charge is 0.359 e. The van der Waals surface area contributed by atoms with Crippen LogP contribution in [0.25, 0.3) is 0 Å². The van der Waals surface area contributed by atoms with Crippen molar-refractivity contribution in [1.29, 1.82) is 0 Å². The lowest BCUT2D eigenvalue weighted by Crippen LogP contribution is -2.61. The van der Waals surface area contributed by atoms with E-state index in [1.54, 1.807) is 72.1 Å². The first-order valence-electron chi connectivity index (χ1n) is 15.5. The first-order chi connectivity index (χ1) is 21.9. The molecule has 0 aliphatic carbocycles. The monoisotopic (exact) mass is 640 g/mol. The van der Waals surface area contributed by atoms with Gasteiger partial charge in [0.1, 0.15) is 23.7 Å². The first-order valence-corrected chi connectivity index (χ1v) is 15.5. The van der Waals surface area contributed by atoms with Crippen LogP contribution in [-0.4, -0.2) is 80.3 Å². The van der Waals surface area contributed by atoms with E-state index in [0.29, 0.717) is 24.5 Å². The predicted octanol–water partition coefficient (Wildman–Crippen LogP) is 1.21. The zero-order chi connectivity index (χ0) is 34.7. The van der Waals surface area contributed by atoms with Crippen molar-refractivity contribution < 1.29 is 24.0 Å². The van der Waals surface area contributed by atoms with Gasteiger partial charge in [-0.05, 0) is 38.2 Å². The third-order valence-electron chi connectivity index (χ3n) is 7.16. The van der Waals surface area contributed by atoms with Gasteiger partial charge in [0.25, 0.3) is 0 Å². The van der Waals surface area contributed by atoms with Gasteiger partial charge >= 0.3 is 0 Å². The summed E-state index contributed by atoms with van der Waals surface area (Å²) in [4.78, 5) is 70.3. The van der Waals surface area contributed by atoms with Crippen LogP contribution in [0.1, 0.15) is 65.0 Å². The molecular weight excluding hydrogens is 588 g/mol. The van der Waals surface area contributed by atoms with E-state index >= 15 is 0 Å². The number of rotatable bonds is 19. The van der Waals surface area contributed by atoms with Crippen LogP contribution in [0.2, 0.25) is 0 Å². The number of guanidine groups is 1. The first kappa shape index (κ1) is 39.3. The maximum Gasteiger partial charge on any atom is 0.247 e. The van der Waals surface area contributed by atoms with Crippen LogP contribution in [0.5, 0.6) is 0 Å². The van der Waals surface area contributed by atoms with Gasteiger partial charge in [-0.15, -0.1) is 13.2 Å². The van der Waals surface area contributed by atoms with Crippen LogP contribution in [0.15, 0.2) is 60.6 Å². The van der Waals surface area contributed by atoms with Crippen LogP contribution >= 0.6 is 0 Å². The van der Waals surface area contributed by atoms with E-state index < -0.39 is 47.3 Å². The van der Waals surface area contributed by atoms with Crippen molar-refractivity contribution in [1.82, 2.24) is 37.2 Å². The molecule has 5 amide bonds. The molecule has 0 bridgehead atoms. The summed E-state index contributed by atoms with van der Waals surface area (Å²) >= 11 is 0. The van der Waals surface area contributed by atoms with E-state index in [-0.39, 0.29) is 37.6 Å². The Balaban J connectivity index is 3.22. The summed E-state index contributed by atoms with van der Waals surface area (Å²) in [6, 6.07) is 5.69. The molecule has 254 valence electrons. The van der Waals surface area contributed by atoms with Crippen LogP contribution in [0.4, 0.5) is 0 Å². The molecule has 0 aliphatic rings. The van der Waals surface area contributed by atoms with Gasteiger partial charge in [-0.3, -0.25) is 29.0 Å². The smallest absolute Gasteiger partial charge is 0.247 e. The molecule has 0 saturated carbocycles. The summed E-state index contributed by atoms with van der Waals surface area (Å²) in [5.74, 6) is -2.28. The second-order valence-electron chi connectivity index (χ2n) is 11.2. The lowest BCUT2D eigenvalue weighted by molar-refractivity contribution is -0.137. The summed E-state index contributed by atoms with van der Waals surface area (Å²) in [7, 11) is 3.35. The fourth-order valence-electron chi connectivity index (χ4n) is 4.37. The normalized spacial score (nSPS) is 14.4. The number of nitrogens with one attached hydrogen (secondary N) is 7. The van der Waals surface area contributed by atoms with Crippen LogP contribution < -0.4 is 37.2 Å². The molecule has 0 fully saturated rings. The minimum absolute atomic E-state index is 0.125. The third-order valence-corrected chi connectivity index (χ3v) is 7.16. The van der Waals surface area contributed by atoms with Crippen LogP contribution in [0.3, 0.4) is 0 Å². The highest BCUT2D eigenvalue weighted by atomic mass is 16.2. The zero-order valence-electron chi connectivity index (χ0n) is 28.0. The Morgan fingerprint density at radius 3 is 2.09 bits per heavy atom. The molecule has 0 saturated heterocycles. The Morgan fingerprint density at radius 1 is 0.891 bits per heavy atom. The predicted molar refractivity (Wildman–Crippen MR) is 181 cm³/mol. The summed E-state index contributed by atoms with van der Waals surface area (Å²) in [6.45, 7) is 14.7. The van der Waals surface area contributed by atoms with Crippen molar-refractivity contribution in [3.8, 4) is 0 Å². The molecule has 0 radical (unpaired) electrons. The standard InChI is InChI=1S/C33H52N8O5/c1-9-19-33(6,41-27(42)22(4)5)31(46)39-25(18-15-21-37-32(34-7)35-8)29(44)38-24(11-3)28(43)40-26(30(45)36-20-10-2)23-16-13-12-14-17-23/h9-10,12-14,16-17,22,24-26H,1-2,11,15,18-21H2,3-8H3,(H,36,45)(H,38,44)(H,39,46)(H,40,43)(H,41,42)(H2,34,35,37). The molecular formula is C33H52N8O5. The number of hydrogen-bond acceptors (Lipinski definition) is 6. The molecule has 1 rings (SSSR count). The van der Waals surface area contributed by atoms with Gasteiger partial charge in [0.05, 0.1) is 0 Å². The molecule has 0 heterocycles. The third kappa shape index (κ3) is 12.7. The van der Waals surface area contributed by atoms with E-state index in [0.717, 1.165) is 0 Å². The molecule has 4 atom stereocenters. The van der Waals surface area contributed by atoms with E-state index in [2.05, 4.69) is 55.4 Å². The fraction of sp³-hybridized carbons (Fsp3) is 0.515. The van der Waals surface area contributed by atoms with E-state index in [4.69, 9.17) is 0 Å².